The van der Waals surface area contributed by atoms with Gasteiger partial charge in [0.25, 0.3) is 0 Å². The van der Waals surface area contributed by atoms with Crippen LogP contribution in [0.4, 0.5) is 9.59 Å². The van der Waals surface area contributed by atoms with E-state index < -0.39 is 145 Å². The summed E-state index contributed by atoms with van der Waals surface area (Å²) < 4.78 is 90.9. The molecule has 0 spiro atoms. The number of aliphatic hydroxyl groups is 5. The van der Waals surface area contributed by atoms with E-state index >= 15 is 0 Å². The Hall–Kier alpha value is -7.04. The number of alkyl carbamates (subject to hydrolysis) is 2. The van der Waals surface area contributed by atoms with Crippen molar-refractivity contribution in [3.05, 3.63) is 134 Å². The lowest BCUT2D eigenvalue weighted by Crippen LogP contribution is -2.65. The highest BCUT2D eigenvalue weighted by Crippen LogP contribution is 2.50. The first kappa shape index (κ1) is 91.7. The van der Waals surface area contributed by atoms with Crippen LogP contribution in [0.3, 0.4) is 0 Å². The van der Waals surface area contributed by atoms with E-state index in [-0.39, 0.29) is 129 Å². The topological polar surface area (TPSA) is 398 Å². The highest BCUT2D eigenvalue weighted by Gasteiger charge is 2.53. The zero-order chi connectivity index (χ0) is 84.3. The summed E-state index contributed by atoms with van der Waals surface area (Å²) in [4.78, 5) is 81.1. The van der Waals surface area contributed by atoms with Crippen molar-refractivity contribution in [1.29, 1.82) is 0 Å². The van der Waals surface area contributed by atoms with Crippen LogP contribution in [0.2, 0.25) is 0 Å². The predicted octanol–water partition coefficient (Wildman–Crippen LogP) is 5.77. The molecule has 9 N–H and O–H groups in total. The number of carbonyl (C=O) groups excluding carboxylic acids is 5. The van der Waals surface area contributed by atoms with E-state index in [1.807, 2.05) is 70.8 Å². The predicted molar refractivity (Wildman–Crippen MR) is 440 cm³/mol. The van der Waals surface area contributed by atoms with Gasteiger partial charge in [0.2, 0.25) is 23.1 Å². The van der Waals surface area contributed by atoms with Crippen molar-refractivity contribution in [1.82, 2.24) is 31.3 Å². The maximum Gasteiger partial charge on any atom is 0.411 e. The smallest absolute Gasteiger partial charge is 0.411 e. The van der Waals surface area contributed by atoms with Gasteiger partial charge in [-0.1, -0.05) is 114 Å². The number of allylic oxidation sites excluding steroid dienone is 3. The number of pyridine rings is 1. The third kappa shape index (κ3) is 22.2. The van der Waals surface area contributed by atoms with Gasteiger partial charge in [-0.25, -0.2) is 14.6 Å². The third-order valence-electron chi connectivity index (χ3n) is 21.0. The molecule has 36 heteroatoms. The molecule has 5 heterocycles. The van der Waals surface area contributed by atoms with E-state index in [0.29, 0.717) is 20.7 Å². The van der Waals surface area contributed by atoms with Gasteiger partial charge in [-0.05, 0) is 120 Å². The number of hydrogen-bond donors (Lipinski definition) is 9. The van der Waals surface area contributed by atoms with Crippen molar-refractivity contribution in [3.8, 4) is 52.1 Å². The number of hydroxylamine groups is 1. The maximum absolute atomic E-state index is 14.6. The summed E-state index contributed by atoms with van der Waals surface area (Å²) in [6, 6.07) is 20.0. The van der Waals surface area contributed by atoms with Crippen molar-refractivity contribution in [3.63, 3.8) is 0 Å². The number of carbonyl (C=O) groups is 5. The molecule has 11 rings (SSSR count). The van der Waals surface area contributed by atoms with Gasteiger partial charge in [0.05, 0.1) is 130 Å². The SMILES string of the molecule is CCN(CC(=O)NCCOCCOCCNC(=O)OCC1c2ccccc2-c2ccccc21)[C@H]1CO[C@@H](O[C@H]2[C@H](O[C@H]3C#C/C=C/C#C[C@]4(O)CC(=O)C(NC(=O)OC)=C3/C4=C\CSSc3ccccn3)O[C@H](C)[C@@H](NO[C@H]3C[C@H](O)[C@H](SC(=O)c4c(C)c(I)c(O[C@@H]5O[C@@H](C)[C@H](O)[C@@H](OC)[C@H]5O)c(OC)c4OC)[C@@H](C)O3)[C@@H]2O)C[C@@H]1OC. The number of aliphatic hydroxyl groups excluding tert-OH is 4. The van der Waals surface area contributed by atoms with E-state index in [2.05, 4.69) is 74.4 Å². The van der Waals surface area contributed by atoms with Crippen LogP contribution < -0.4 is 35.6 Å². The number of rotatable bonds is 35. The molecule has 3 aliphatic carbocycles. The number of amides is 3. The lowest BCUT2D eigenvalue weighted by molar-refractivity contribution is -0.337. The largest absolute Gasteiger partial charge is 0.492 e. The average Bonchev–Trinajstić information content (AvgIpc) is 0.941. The molecule has 4 saturated heterocycles. The molecular formula is C82H101IN6O26S3. The Balaban J connectivity index is 0.743. The number of likely N-dealkylation sites (N-methyl/N-ethyl adjacent to an activating group) is 1. The van der Waals surface area contributed by atoms with Gasteiger partial charge < -0.3 is 107 Å². The zero-order valence-electron chi connectivity index (χ0n) is 66.8. The van der Waals surface area contributed by atoms with Crippen LogP contribution >= 0.6 is 55.9 Å². The normalized spacial score (nSPS) is 29.2. The van der Waals surface area contributed by atoms with Crippen LogP contribution in [0.25, 0.3) is 11.1 Å². The number of benzene rings is 3. The first-order chi connectivity index (χ1) is 56.9. The zero-order valence-corrected chi connectivity index (χ0v) is 71.4. The summed E-state index contributed by atoms with van der Waals surface area (Å²) in [5, 5.41) is 66.7. The number of Topliss-reactive ketones (excluding diaryl/α,β-unsaturated/α-hetero) is 1. The fraction of sp³-hybridized carbons (Fsp3) is 0.537. The molecule has 640 valence electrons. The Morgan fingerprint density at radius 1 is 0.763 bits per heavy atom. The molecule has 1 aromatic heterocycles. The van der Waals surface area contributed by atoms with Gasteiger partial charge >= 0.3 is 12.2 Å². The second kappa shape index (κ2) is 43.6. The quantitative estimate of drug-likeness (QED) is 0.00867. The fourth-order valence-electron chi connectivity index (χ4n) is 14.9. The Kier molecular flexibility index (Phi) is 33.9. The second-order valence-electron chi connectivity index (χ2n) is 28.4. The van der Waals surface area contributed by atoms with E-state index in [0.717, 1.165) is 41.1 Å². The monoisotopic (exact) mass is 1810 g/mol. The number of hydrogen-bond acceptors (Lipinski definition) is 32. The van der Waals surface area contributed by atoms with Crippen LogP contribution in [0.15, 0.2) is 113 Å². The molecule has 2 bridgehead atoms. The minimum atomic E-state index is -2.17. The minimum absolute atomic E-state index is 0.000565. The van der Waals surface area contributed by atoms with Gasteiger partial charge in [0.15, 0.2) is 41.8 Å². The van der Waals surface area contributed by atoms with Gasteiger partial charge in [-0.15, -0.1) is 0 Å². The number of ketones is 1. The molecule has 32 nitrogen and oxygen atoms in total. The van der Waals surface area contributed by atoms with E-state index in [1.54, 1.807) is 46.0 Å². The molecule has 4 fully saturated rings. The number of thioether (sulfide) groups is 1. The van der Waals surface area contributed by atoms with Crippen molar-refractivity contribution in [2.45, 2.75) is 180 Å². The van der Waals surface area contributed by atoms with Crippen molar-refractivity contribution < 1.29 is 125 Å². The summed E-state index contributed by atoms with van der Waals surface area (Å²) in [6.07, 6.45) is -14.6. The van der Waals surface area contributed by atoms with E-state index in [4.69, 9.17) is 75.9 Å². The van der Waals surface area contributed by atoms with Gasteiger partial charge in [-0.2, -0.15) is 5.48 Å². The fourth-order valence-corrected chi connectivity index (χ4v) is 18.4. The number of fused-ring (bicyclic) bond motifs is 5. The van der Waals surface area contributed by atoms with Crippen LogP contribution in [-0.2, 0) is 71.3 Å². The van der Waals surface area contributed by atoms with Crippen molar-refractivity contribution in [2.24, 2.45) is 0 Å². The molecule has 3 amide bonds. The summed E-state index contributed by atoms with van der Waals surface area (Å²) in [6.45, 7) is 10.3. The van der Waals surface area contributed by atoms with Crippen molar-refractivity contribution >= 4 is 84.9 Å². The van der Waals surface area contributed by atoms with Crippen LogP contribution in [-0.4, -0.2) is 287 Å². The number of nitrogens with one attached hydrogen (secondary N) is 4. The summed E-state index contributed by atoms with van der Waals surface area (Å²) in [5.41, 5.74) is 5.44. The first-order valence-electron chi connectivity index (χ1n) is 38.5. The lowest BCUT2D eigenvalue weighted by Gasteiger charge is -2.47. The number of halogens is 1. The number of nitrogens with zero attached hydrogens (tertiary/aromatic N) is 2. The maximum atomic E-state index is 14.6. The van der Waals surface area contributed by atoms with Gasteiger partial charge in [0.1, 0.15) is 48.3 Å². The Bertz CT molecular complexity index is 4320. The molecule has 0 unspecified atom stereocenters. The summed E-state index contributed by atoms with van der Waals surface area (Å²) in [5.74, 6) is 10.8. The molecule has 7 aliphatic rings. The van der Waals surface area contributed by atoms with Gasteiger partial charge in [-0.3, -0.25) is 29.4 Å². The van der Waals surface area contributed by atoms with Crippen LogP contribution in [0.5, 0.6) is 17.2 Å². The van der Waals surface area contributed by atoms with Gasteiger partial charge in [0, 0.05) is 69.2 Å². The minimum Gasteiger partial charge on any atom is -0.492 e. The van der Waals surface area contributed by atoms with E-state index in [1.165, 1.54) is 62.2 Å². The summed E-state index contributed by atoms with van der Waals surface area (Å²) in [7, 11) is 9.39. The van der Waals surface area contributed by atoms with E-state index in [9.17, 15) is 49.5 Å². The molecule has 118 heavy (non-hydrogen) atoms. The standard InChI is InChI=1S/C82H101IN6O26S3/c1-11-89(41-59(92)84-31-33-105-35-36-106-34-32-86-80(97)108-42-52-50-24-17-15-22-48(50)49-23-16-18-25-51(49)52)54-43-107-61(39-58(54)100-6)113-74-69(94)66(45(3)110-79(74)112-57-26-14-12-13-20-29-82(99)40-56(91)67(87-81(98)104-10)64(57)53(82)28-37-116-118-60-27-19-21-30-85-60)88-115-62-38-55(90)76(47(5)109-62)117-77(96)63-44(2)65(83)72(75(103-9)71(63)101-7)114-78-70(95)73(102-8)68(93)46(4)111-78/h12-13,15-19,21-25,27-28,30,45-47,52,54-55,57-58,61-62,66,68-70,73-74,76,78-79,88,90,93-95,99H,11,31-43H2,1-10H3,(H,84,92)(H,86,97)(H,87,98)/b13-12+,53-28+/t45-,46+,47-,54+,55+,57+,58+,61+,62+,66-,68+,69+,70-,73-,74-,76-,78+,79+,82+/m1/s1. The Labute approximate surface area is 710 Å². The molecule has 0 radical (unpaired) electrons. The van der Waals surface area contributed by atoms with Crippen LogP contribution in [0, 0.1) is 34.2 Å². The second-order valence-corrected chi connectivity index (χ2v) is 33.0. The molecule has 0 saturated carbocycles. The average molecular weight is 1810 g/mol. The molecule has 3 aromatic carbocycles. The molecule has 19 atom stereocenters. The third-order valence-corrected chi connectivity index (χ3v) is 25.8. The lowest BCUT2D eigenvalue weighted by atomic mass is 9.75. The highest BCUT2D eigenvalue weighted by molar-refractivity contribution is 14.1. The number of aromatic nitrogens is 1. The number of methoxy groups -OCH3 is 5. The molecule has 4 aliphatic heterocycles. The van der Waals surface area contributed by atoms with Crippen LogP contribution in [0.1, 0.15) is 79.9 Å². The molecular weight excluding hydrogens is 1710 g/mol. The Morgan fingerprint density at radius 3 is 2.13 bits per heavy atom. The highest BCUT2D eigenvalue weighted by atomic mass is 127. The molecule has 4 aromatic rings. The number of ether oxygens (including phenoxy) is 15. The first-order valence-corrected chi connectivity index (χ1v) is 42.8. The Morgan fingerprint density at radius 2 is 1.46 bits per heavy atom. The summed E-state index contributed by atoms with van der Waals surface area (Å²) >= 11 is 2.79. The van der Waals surface area contributed by atoms with Crippen molar-refractivity contribution in [2.75, 3.05) is 107 Å².